The Kier molecular flexibility index (Phi) is 3.75. The molecule has 3 heterocycles. The Morgan fingerprint density at radius 1 is 0.967 bits per heavy atom. The molecule has 0 amide bonds. The van der Waals surface area contributed by atoms with E-state index in [4.69, 9.17) is 9.47 Å². The molecule has 1 aromatic carbocycles. The molecule has 1 N–H and O–H groups in total. The van der Waals surface area contributed by atoms with Gasteiger partial charge in [-0.25, -0.2) is 14.3 Å². The second-order valence-electron chi connectivity index (χ2n) is 8.79. The van der Waals surface area contributed by atoms with Gasteiger partial charge >= 0.3 is 5.69 Å². The molecule has 1 aliphatic heterocycles. The molecule has 0 fully saturated rings. The van der Waals surface area contributed by atoms with Crippen LogP contribution in [0.3, 0.4) is 0 Å². The molecule has 3 aromatic rings. The summed E-state index contributed by atoms with van der Waals surface area (Å²) < 4.78 is 13.4. The van der Waals surface area contributed by atoms with Gasteiger partial charge < -0.3 is 9.47 Å². The Bertz CT molecular complexity index is 1380. The number of ketones is 1. The fourth-order valence-electron chi connectivity index (χ4n) is 4.54. The summed E-state index contributed by atoms with van der Waals surface area (Å²) in [5.41, 5.74) is 1.77. The number of pyridine rings is 1. The van der Waals surface area contributed by atoms with Crippen LogP contribution in [0.2, 0.25) is 0 Å². The van der Waals surface area contributed by atoms with Gasteiger partial charge in [0.2, 0.25) is 6.79 Å². The Balaban J connectivity index is 1.97. The lowest BCUT2D eigenvalue weighted by Crippen LogP contribution is -2.42. The first kappa shape index (κ1) is 18.6. The molecule has 0 spiro atoms. The fourth-order valence-corrected chi connectivity index (χ4v) is 4.54. The van der Waals surface area contributed by atoms with E-state index < -0.39 is 11.2 Å². The van der Waals surface area contributed by atoms with Gasteiger partial charge in [-0.1, -0.05) is 19.9 Å². The molecule has 0 atom stereocenters. The number of Topliss-reactive ketones (excluding diaryl/α,β-unsaturated/α-hetero) is 1. The van der Waals surface area contributed by atoms with E-state index in [1.807, 2.05) is 19.9 Å². The first-order valence-electron chi connectivity index (χ1n) is 9.79. The average molecular weight is 408 g/mol. The van der Waals surface area contributed by atoms with E-state index in [0.717, 1.165) is 10.3 Å². The van der Waals surface area contributed by atoms with Gasteiger partial charge in [0.1, 0.15) is 11.1 Å². The number of nitrogens with one attached hydrogen (secondary N) is 1. The Hall–Kier alpha value is -3.42. The molecule has 0 bridgehead atoms. The smallest absolute Gasteiger partial charge is 0.417 e. The molecule has 0 unspecified atom stereocenters. The monoisotopic (exact) mass is 408 g/mol. The number of hydrogen-bond donors (Lipinski definition) is 0. The minimum atomic E-state index is -0.447. The molecule has 0 radical (unpaired) electrons. The largest absolute Gasteiger partial charge is 0.454 e. The molecular formula is C22H22N3O5+. The van der Waals surface area contributed by atoms with Gasteiger partial charge in [0.25, 0.3) is 11.2 Å². The normalized spacial score (nSPS) is 16.7. The Labute approximate surface area is 171 Å². The first-order valence-corrected chi connectivity index (χ1v) is 9.79. The molecule has 8 nitrogen and oxygen atoms in total. The van der Waals surface area contributed by atoms with E-state index in [1.165, 1.54) is 11.6 Å². The van der Waals surface area contributed by atoms with Gasteiger partial charge in [-0.3, -0.25) is 9.59 Å². The summed E-state index contributed by atoms with van der Waals surface area (Å²) in [4.78, 5) is 42.3. The number of aromatic amines is 1. The average Bonchev–Trinajstić information content (AvgIpc) is 3.16. The number of aryl methyl sites for hydroxylation is 1. The maximum Gasteiger partial charge on any atom is 0.417 e. The number of fused-ring (bicyclic) bond motifs is 3. The standard InChI is InChI=1S/C22H21N3O5/c1-22(2)8-12-17(13(26)9-22)16(11-5-6-14-15(7-11)30-10-29-14)18-19(23-12)24(3)21(28)25(4)20(18)27/h5-7H,8-10H2,1-4H3/p+1. The van der Waals surface area contributed by atoms with Gasteiger partial charge in [0, 0.05) is 25.5 Å². The van der Waals surface area contributed by atoms with Crippen LogP contribution in [0.1, 0.15) is 36.3 Å². The quantitative estimate of drug-likeness (QED) is 0.610. The van der Waals surface area contributed by atoms with Crippen LogP contribution in [0.4, 0.5) is 0 Å². The second kappa shape index (κ2) is 6.04. The summed E-state index contributed by atoms with van der Waals surface area (Å²) in [6.07, 6.45) is 1.01. The number of H-pyrrole nitrogens is 1. The number of ether oxygens (including phenoxy) is 2. The molecule has 154 valence electrons. The van der Waals surface area contributed by atoms with Crippen molar-refractivity contribution in [2.75, 3.05) is 6.79 Å². The van der Waals surface area contributed by atoms with Crippen molar-refractivity contribution in [3.8, 4) is 22.6 Å². The molecule has 2 aromatic heterocycles. The van der Waals surface area contributed by atoms with Crippen molar-refractivity contribution in [1.29, 1.82) is 0 Å². The number of aromatic nitrogens is 3. The van der Waals surface area contributed by atoms with Crippen molar-refractivity contribution in [2.24, 2.45) is 19.5 Å². The number of carbonyl (C=O) groups is 1. The van der Waals surface area contributed by atoms with Crippen LogP contribution in [0.25, 0.3) is 22.2 Å². The highest BCUT2D eigenvalue weighted by Gasteiger charge is 2.38. The SMILES string of the molecule is Cn1c(=O)c2c(-c3ccc4c(c3)OCO4)c3c([nH+]c2n(C)c1=O)CC(C)(C)CC3=O. The van der Waals surface area contributed by atoms with Gasteiger partial charge in [0.15, 0.2) is 17.3 Å². The summed E-state index contributed by atoms with van der Waals surface area (Å²) in [5.74, 6) is 1.16. The number of carbonyl (C=O) groups excluding carboxylic acids is 1. The Morgan fingerprint density at radius 3 is 2.47 bits per heavy atom. The predicted octanol–water partition coefficient (Wildman–Crippen LogP) is 1.60. The summed E-state index contributed by atoms with van der Waals surface area (Å²) in [7, 11) is 3.06. The van der Waals surface area contributed by atoms with Crippen LogP contribution in [0, 0.1) is 5.41 Å². The lowest BCUT2D eigenvalue weighted by atomic mass is 9.73. The molecule has 1 aliphatic carbocycles. The molecule has 30 heavy (non-hydrogen) atoms. The minimum Gasteiger partial charge on any atom is -0.454 e. The zero-order chi connectivity index (χ0) is 21.4. The summed E-state index contributed by atoms with van der Waals surface area (Å²) in [5, 5.41) is 0.310. The van der Waals surface area contributed by atoms with Crippen LogP contribution < -0.4 is 25.7 Å². The van der Waals surface area contributed by atoms with Crippen LogP contribution in [0.5, 0.6) is 11.5 Å². The lowest BCUT2D eigenvalue weighted by Gasteiger charge is -2.29. The van der Waals surface area contributed by atoms with Crippen molar-refractivity contribution >= 4 is 16.8 Å². The molecule has 2 aliphatic rings. The Morgan fingerprint density at radius 2 is 1.70 bits per heavy atom. The van der Waals surface area contributed by atoms with E-state index in [9.17, 15) is 14.4 Å². The lowest BCUT2D eigenvalue weighted by molar-refractivity contribution is -0.365. The topological polar surface area (TPSA) is 93.7 Å². The highest BCUT2D eigenvalue weighted by molar-refractivity contribution is 6.10. The van der Waals surface area contributed by atoms with Gasteiger partial charge in [0.05, 0.1) is 12.6 Å². The molecule has 5 rings (SSSR count). The van der Waals surface area contributed by atoms with Gasteiger partial charge in [-0.15, -0.1) is 0 Å². The third-order valence-electron chi connectivity index (χ3n) is 5.97. The van der Waals surface area contributed by atoms with Crippen molar-refractivity contribution in [3.05, 3.63) is 50.3 Å². The van der Waals surface area contributed by atoms with Gasteiger partial charge in [-0.2, -0.15) is 4.57 Å². The van der Waals surface area contributed by atoms with Crippen molar-refractivity contribution in [3.63, 3.8) is 0 Å². The van der Waals surface area contributed by atoms with E-state index in [-0.39, 0.29) is 18.0 Å². The number of hydrogen-bond acceptors (Lipinski definition) is 5. The summed E-state index contributed by atoms with van der Waals surface area (Å²) in [6.45, 7) is 4.20. The van der Waals surface area contributed by atoms with E-state index in [2.05, 4.69) is 4.98 Å². The number of nitrogens with zero attached hydrogens (tertiary/aromatic N) is 2. The van der Waals surface area contributed by atoms with Gasteiger partial charge in [-0.05, 0) is 23.1 Å². The van der Waals surface area contributed by atoms with Crippen molar-refractivity contribution in [1.82, 2.24) is 9.13 Å². The summed E-state index contributed by atoms with van der Waals surface area (Å²) >= 11 is 0. The van der Waals surface area contributed by atoms with E-state index in [0.29, 0.717) is 52.1 Å². The molecule has 8 heteroatoms. The zero-order valence-corrected chi connectivity index (χ0v) is 17.3. The molecule has 0 saturated heterocycles. The highest BCUT2D eigenvalue weighted by atomic mass is 16.7. The van der Waals surface area contributed by atoms with Crippen molar-refractivity contribution in [2.45, 2.75) is 26.7 Å². The molecule has 0 saturated carbocycles. The third-order valence-corrected chi connectivity index (χ3v) is 5.97. The first-order chi connectivity index (χ1) is 14.2. The molecular weight excluding hydrogens is 386 g/mol. The van der Waals surface area contributed by atoms with Crippen LogP contribution in [-0.2, 0) is 20.5 Å². The number of benzene rings is 1. The second-order valence-corrected chi connectivity index (χ2v) is 8.79. The van der Waals surface area contributed by atoms with Crippen LogP contribution in [-0.4, -0.2) is 21.7 Å². The highest BCUT2D eigenvalue weighted by Crippen LogP contribution is 2.42. The summed E-state index contributed by atoms with van der Waals surface area (Å²) in [6, 6.07) is 5.38. The van der Waals surface area contributed by atoms with E-state index >= 15 is 0 Å². The van der Waals surface area contributed by atoms with Crippen molar-refractivity contribution < 1.29 is 19.3 Å². The minimum absolute atomic E-state index is 0.0250. The fraction of sp³-hybridized carbons (Fsp3) is 0.364. The van der Waals surface area contributed by atoms with E-state index in [1.54, 1.807) is 19.2 Å². The van der Waals surface area contributed by atoms with Crippen LogP contribution >= 0.6 is 0 Å². The third kappa shape index (κ3) is 2.52. The predicted molar refractivity (Wildman–Crippen MR) is 109 cm³/mol. The maximum atomic E-state index is 13.3. The zero-order valence-electron chi connectivity index (χ0n) is 17.3. The number of rotatable bonds is 1. The maximum absolute atomic E-state index is 13.3. The van der Waals surface area contributed by atoms with Crippen LogP contribution in [0.15, 0.2) is 27.8 Å².